The molecule has 0 saturated carbocycles. The SMILES string of the molecule is [2H]c1c([2H])c([2H])c2c(OC(=O)c3nn(CCCCCF)c4ccccc34)c([2H])c([2H])c([2H])c2c1[2H]. The van der Waals surface area contributed by atoms with Crippen LogP contribution in [0.15, 0.2) is 66.6 Å². The fraction of sp³-hybridized carbons (Fsp3) is 0.217. The topological polar surface area (TPSA) is 44.1 Å². The summed E-state index contributed by atoms with van der Waals surface area (Å²) in [6, 6.07) is 2.77. The molecule has 0 aliphatic heterocycles. The molecule has 0 N–H and O–H groups in total. The Kier molecular flexibility index (Phi) is 3.40. The highest BCUT2D eigenvalue weighted by Gasteiger charge is 2.19. The zero-order valence-corrected chi connectivity index (χ0v) is 14.9. The third-order valence-electron chi connectivity index (χ3n) is 4.33. The molecule has 1 aromatic heterocycles. The van der Waals surface area contributed by atoms with Crippen LogP contribution in [0.1, 0.15) is 39.3 Å². The molecule has 0 fully saturated rings. The maximum atomic E-state index is 13.2. The van der Waals surface area contributed by atoms with Gasteiger partial charge in [0.15, 0.2) is 5.69 Å². The van der Waals surface area contributed by atoms with Gasteiger partial charge in [-0.25, -0.2) is 4.79 Å². The van der Waals surface area contributed by atoms with E-state index in [0.29, 0.717) is 36.7 Å². The van der Waals surface area contributed by atoms with E-state index in [4.69, 9.17) is 14.3 Å². The summed E-state index contributed by atoms with van der Waals surface area (Å²) in [5.41, 5.74) is 0.584. The van der Waals surface area contributed by atoms with Crippen molar-refractivity contribution in [2.24, 2.45) is 0 Å². The number of fused-ring (bicyclic) bond motifs is 2. The van der Waals surface area contributed by atoms with Crippen molar-refractivity contribution in [1.29, 1.82) is 0 Å². The Hall–Kier alpha value is -3.21. The Morgan fingerprint density at radius 3 is 2.75 bits per heavy atom. The van der Waals surface area contributed by atoms with E-state index in [2.05, 4.69) is 5.10 Å². The zero-order chi connectivity index (χ0) is 25.4. The molecule has 4 nitrogen and oxygen atoms in total. The first kappa shape index (κ1) is 11.6. The molecule has 28 heavy (non-hydrogen) atoms. The van der Waals surface area contributed by atoms with Gasteiger partial charge in [-0.1, -0.05) is 54.5 Å². The first-order valence-electron chi connectivity index (χ1n) is 12.4. The van der Waals surface area contributed by atoms with Crippen molar-refractivity contribution < 1.29 is 23.5 Å². The van der Waals surface area contributed by atoms with Gasteiger partial charge < -0.3 is 4.74 Å². The van der Waals surface area contributed by atoms with Crippen LogP contribution in [0.4, 0.5) is 4.39 Å². The number of nitrogens with zero attached hydrogens (tertiary/aromatic N) is 2. The number of carbonyl (C=O) groups is 1. The van der Waals surface area contributed by atoms with Gasteiger partial charge in [-0.15, -0.1) is 0 Å². The maximum Gasteiger partial charge on any atom is 0.364 e. The first-order valence-corrected chi connectivity index (χ1v) is 8.92. The Bertz CT molecular complexity index is 1460. The molecule has 0 saturated heterocycles. The molecule has 0 atom stereocenters. The molecule has 3 aromatic carbocycles. The van der Waals surface area contributed by atoms with Crippen molar-refractivity contribution in [1.82, 2.24) is 9.78 Å². The number of alkyl halides is 1. The normalized spacial score (nSPS) is 14.7. The van der Waals surface area contributed by atoms with Gasteiger partial charge in [0.05, 0.1) is 21.8 Å². The number of hydrogen-bond donors (Lipinski definition) is 0. The smallest absolute Gasteiger partial charge is 0.364 e. The highest BCUT2D eigenvalue weighted by Crippen LogP contribution is 2.27. The largest absolute Gasteiger partial charge is 0.421 e. The monoisotopic (exact) mass is 383 g/mol. The predicted octanol–water partition coefficient (Wildman–Crippen LogP) is 5.55. The van der Waals surface area contributed by atoms with Crippen LogP contribution in [0.25, 0.3) is 21.7 Å². The second kappa shape index (κ2) is 8.21. The molecule has 0 radical (unpaired) electrons. The number of para-hydroxylation sites is 1. The lowest BCUT2D eigenvalue weighted by Crippen LogP contribution is -2.11. The molecule has 5 heteroatoms. The van der Waals surface area contributed by atoms with Crippen LogP contribution in [-0.2, 0) is 6.54 Å². The lowest BCUT2D eigenvalue weighted by molar-refractivity contribution is 0.0732. The van der Waals surface area contributed by atoms with Crippen LogP contribution >= 0.6 is 0 Å². The number of ether oxygens (including phenoxy) is 1. The van der Waals surface area contributed by atoms with E-state index in [9.17, 15) is 9.18 Å². The van der Waals surface area contributed by atoms with Gasteiger partial charge in [0.1, 0.15) is 5.75 Å². The molecule has 0 aliphatic rings. The molecular weight excluding hydrogens is 355 g/mol. The van der Waals surface area contributed by atoms with Crippen molar-refractivity contribution >= 4 is 27.6 Å². The van der Waals surface area contributed by atoms with Crippen LogP contribution in [0.5, 0.6) is 5.75 Å². The van der Waals surface area contributed by atoms with Crippen molar-refractivity contribution in [2.75, 3.05) is 6.67 Å². The fourth-order valence-electron chi connectivity index (χ4n) is 2.99. The van der Waals surface area contributed by atoms with Crippen molar-refractivity contribution in [3.05, 3.63) is 72.3 Å². The Morgan fingerprint density at radius 2 is 1.86 bits per heavy atom. The first-order chi connectivity index (χ1) is 16.7. The summed E-state index contributed by atoms with van der Waals surface area (Å²) in [7, 11) is 0. The van der Waals surface area contributed by atoms with Gasteiger partial charge in [0.2, 0.25) is 0 Å². The molecule has 0 spiro atoms. The summed E-state index contributed by atoms with van der Waals surface area (Å²) in [6.45, 7) is 0.0358. The second-order valence-corrected chi connectivity index (χ2v) is 6.18. The summed E-state index contributed by atoms with van der Waals surface area (Å²) in [4.78, 5) is 13.2. The molecule has 142 valence electrons. The summed E-state index contributed by atoms with van der Waals surface area (Å²) in [5, 5.41) is 4.22. The molecule has 1 heterocycles. The van der Waals surface area contributed by atoms with Crippen molar-refractivity contribution in [3.8, 4) is 5.75 Å². The lowest BCUT2D eigenvalue weighted by Gasteiger charge is -2.06. The predicted molar refractivity (Wildman–Crippen MR) is 108 cm³/mol. The minimum atomic E-state index is -0.969. The highest BCUT2D eigenvalue weighted by molar-refractivity contribution is 6.04. The third kappa shape index (κ3) is 3.60. The highest BCUT2D eigenvalue weighted by atomic mass is 19.1. The van der Waals surface area contributed by atoms with E-state index in [-0.39, 0.29) is 16.5 Å². The van der Waals surface area contributed by atoms with E-state index in [0.717, 1.165) is 0 Å². The Morgan fingerprint density at radius 1 is 1.04 bits per heavy atom. The number of esters is 1. The molecule has 0 aliphatic carbocycles. The van der Waals surface area contributed by atoms with E-state index >= 15 is 0 Å². The van der Waals surface area contributed by atoms with Gasteiger partial charge in [0.25, 0.3) is 0 Å². The average Bonchev–Trinajstić information content (AvgIpc) is 3.23. The molecule has 4 rings (SSSR count). The number of aryl methyl sites for hydroxylation is 1. The van der Waals surface area contributed by atoms with Crippen molar-refractivity contribution in [2.45, 2.75) is 25.8 Å². The van der Waals surface area contributed by atoms with E-state index < -0.39 is 60.7 Å². The van der Waals surface area contributed by atoms with Gasteiger partial charge in [-0.05, 0) is 36.8 Å². The number of hydrogen-bond acceptors (Lipinski definition) is 3. The Labute approximate surface area is 172 Å². The number of aromatic nitrogens is 2. The van der Waals surface area contributed by atoms with Gasteiger partial charge in [0, 0.05) is 17.3 Å². The summed E-state index contributed by atoms with van der Waals surface area (Å²) < 4.78 is 76.3. The van der Waals surface area contributed by atoms with Gasteiger partial charge in [-0.3, -0.25) is 9.07 Å². The van der Waals surface area contributed by atoms with Crippen LogP contribution < -0.4 is 4.74 Å². The molecule has 4 aromatic rings. The van der Waals surface area contributed by atoms with E-state index in [1.165, 1.54) is 0 Å². The van der Waals surface area contributed by atoms with Crippen molar-refractivity contribution in [3.63, 3.8) is 0 Å². The van der Waals surface area contributed by atoms with Crippen LogP contribution in [0.2, 0.25) is 0 Å². The number of rotatable bonds is 7. The minimum absolute atomic E-state index is 0.0686. The molecule has 0 unspecified atom stereocenters. The number of halogens is 1. The standard InChI is InChI=1S/C23H21FN2O2/c24-15-6-1-7-16-26-20-13-5-4-12-19(20)22(25-26)23(27)28-21-14-8-10-17-9-2-3-11-18(17)21/h2-5,8-14H,1,6-7,15-16H2/i2D,3D,8D,9D,10D,11D,14D. The summed E-state index contributed by atoms with van der Waals surface area (Å²) >= 11 is 0. The van der Waals surface area contributed by atoms with Crippen LogP contribution in [0.3, 0.4) is 0 Å². The van der Waals surface area contributed by atoms with E-state index in [1.54, 1.807) is 28.9 Å². The second-order valence-electron chi connectivity index (χ2n) is 6.18. The molecule has 0 bridgehead atoms. The quantitative estimate of drug-likeness (QED) is 0.239. The molecule has 0 amide bonds. The number of carbonyl (C=O) groups excluding carboxylic acids is 1. The molecular formula is C23H21FN2O2. The summed E-state index contributed by atoms with van der Waals surface area (Å²) in [5.74, 6) is -1.50. The van der Waals surface area contributed by atoms with Gasteiger partial charge >= 0.3 is 5.97 Å². The van der Waals surface area contributed by atoms with Gasteiger partial charge in [-0.2, -0.15) is 5.10 Å². The minimum Gasteiger partial charge on any atom is -0.421 e. The number of benzene rings is 3. The average molecular weight is 383 g/mol. The lowest BCUT2D eigenvalue weighted by atomic mass is 10.1. The van der Waals surface area contributed by atoms with E-state index in [1.807, 2.05) is 0 Å². The Balaban J connectivity index is 1.83. The summed E-state index contributed by atoms with van der Waals surface area (Å²) in [6.07, 6.45) is 1.73. The van der Waals surface area contributed by atoms with Crippen LogP contribution in [-0.4, -0.2) is 22.4 Å². The fourth-order valence-corrected chi connectivity index (χ4v) is 2.99. The van der Waals surface area contributed by atoms with Crippen LogP contribution in [0, 0.1) is 0 Å². The maximum absolute atomic E-state index is 13.2. The third-order valence-corrected chi connectivity index (χ3v) is 4.33. The number of unbranched alkanes of at least 4 members (excludes halogenated alkanes) is 2. The zero-order valence-electron chi connectivity index (χ0n) is 21.9.